The molecule has 4 nitrogen and oxygen atoms in total. The van der Waals surface area contributed by atoms with Crippen molar-refractivity contribution in [3.63, 3.8) is 0 Å². The van der Waals surface area contributed by atoms with Gasteiger partial charge in [0.2, 0.25) is 0 Å². The Morgan fingerprint density at radius 3 is 2.92 bits per heavy atom. The maximum absolute atomic E-state index is 13.2. The van der Waals surface area contributed by atoms with E-state index in [2.05, 4.69) is 10.2 Å². The predicted molar refractivity (Wildman–Crippen MR) is 92.0 cm³/mol. The van der Waals surface area contributed by atoms with Crippen LogP contribution in [0.5, 0.6) is 5.75 Å². The molecule has 1 N–H and O–H groups in total. The zero-order chi connectivity index (χ0) is 16.9. The van der Waals surface area contributed by atoms with Crippen LogP contribution in [-0.2, 0) is 0 Å². The van der Waals surface area contributed by atoms with Crippen LogP contribution in [0, 0.1) is 11.7 Å². The maximum Gasteiger partial charge on any atom is 0.251 e. The van der Waals surface area contributed by atoms with Gasteiger partial charge in [-0.1, -0.05) is 18.2 Å². The van der Waals surface area contributed by atoms with Crippen LogP contribution in [0.3, 0.4) is 0 Å². The van der Waals surface area contributed by atoms with Gasteiger partial charge >= 0.3 is 0 Å². The topological polar surface area (TPSA) is 41.6 Å². The second-order valence-electron chi connectivity index (χ2n) is 5.99. The van der Waals surface area contributed by atoms with Gasteiger partial charge in [-0.05, 0) is 42.7 Å². The first kappa shape index (κ1) is 16.3. The minimum atomic E-state index is -0.397. The molecule has 5 heteroatoms. The molecular formula is C19H21FN2O2. The van der Waals surface area contributed by atoms with Crippen molar-refractivity contribution in [2.24, 2.45) is 5.92 Å². The highest BCUT2D eigenvalue weighted by Gasteiger charge is 2.25. The Balaban J connectivity index is 1.56. The van der Waals surface area contributed by atoms with Gasteiger partial charge in [0.05, 0.1) is 12.8 Å². The molecule has 1 heterocycles. The molecule has 0 radical (unpaired) electrons. The van der Waals surface area contributed by atoms with Crippen LogP contribution < -0.4 is 15.0 Å². The first-order valence-corrected chi connectivity index (χ1v) is 8.09. The first-order chi connectivity index (χ1) is 11.7. The van der Waals surface area contributed by atoms with Crippen LogP contribution >= 0.6 is 0 Å². The molecule has 1 saturated heterocycles. The van der Waals surface area contributed by atoms with Crippen LogP contribution in [0.2, 0.25) is 0 Å². The molecule has 3 rings (SSSR count). The van der Waals surface area contributed by atoms with Gasteiger partial charge in [-0.2, -0.15) is 0 Å². The largest absolute Gasteiger partial charge is 0.495 e. The molecule has 24 heavy (non-hydrogen) atoms. The van der Waals surface area contributed by atoms with Crippen molar-refractivity contribution in [3.8, 4) is 5.75 Å². The van der Waals surface area contributed by atoms with E-state index in [9.17, 15) is 9.18 Å². The monoisotopic (exact) mass is 328 g/mol. The molecule has 2 aromatic carbocycles. The van der Waals surface area contributed by atoms with Gasteiger partial charge < -0.3 is 15.0 Å². The number of benzene rings is 2. The smallest absolute Gasteiger partial charge is 0.251 e. The van der Waals surface area contributed by atoms with E-state index in [4.69, 9.17) is 4.74 Å². The molecule has 0 bridgehead atoms. The summed E-state index contributed by atoms with van der Waals surface area (Å²) < 4.78 is 18.6. The third-order valence-corrected chi connectivity index (χ3v) is 4.35. The van der Waals surface area contributed by atoms with Gasteiger partial charge in [-0.25, -0.2) is 4.39 Å². The van der Waals surface area contributed by atoms with Gasteiger partial charge in [-0.15, -0.1) is 0 Å². The Kier molecular flexibility index (Phi) is 4.99. The number of ether oxygens (including phenoxy) is 1. The van der Waals surface area contributed by atoms with Gasteiger partial charge in [-0.3, -0.25) is 4.79 Å². The number of methoxy groups -OCH3 is 1. The van der Waals surface area contributed by atoms with Crippen molar-refractivity contribution in [2.75, 3.05) is 31.6 Å². The van der Waals surface area contributed by atoms with Crippen molar-refractivity contribution in [1.82, 2.24) is 5.32 Å². The number of anilines is 1. The van der Waals surface area contributed by atoms with Gasteiger partial charge in [0.1, 0.15) is 11.6 Å². The Hall–Kier alpha value is -2.56. The fourth-order valence-electron chi connectivity index (χ4n) is 3.08. The summed E-state index contributed by atoms with van der Waals surface area (Å²) in [5.74, 6) is 0.602. The molecule has 1 atom stereocenters. The summed E-state index contributed by atoms with van der Waals surface area (Å²) >= 11 is 0. The molecule has 0 aromatic heterocycles. The van der Waals surface area contributed by atoms with Gasteiger partial charge in [0.15, 0.2) is 0 Å². The van der Waals surface area contributed by atoms with E-state index in [1.807, 2.05) is 24.3 Å². The average molecular weight is 328 g/mol. The third kappa shape index (κ3) is 3.67. The standard InChI is InChI=1S/C19H21FN2O2/c1-24-18-8-3-2-7-17(18)22-10-9-14(13-22)12-21-19(23)15-5-4-6-16(20)11-15/h2-8,11,14H,9-10,12-13H2,1H3,(H,21,23). The lowest BCUT2D eigenvalue weighted by molar-refractivity contribution is 0.0948. The summed E-state index contributed by atoms with van der Waals surface area (Å²) in [6.45, 7) is 2.38. The maximum atomic E-state index is 13.2. The fraction of sp³-hybridized carbons (Fsp3) is 0.316. The molecule has 1 fully saturated rings. The molecule has 1 aliphatic heterocycles. The minimum absolute atomic E-state index is 0.231. The highest BCUT2D eigenvalue weighted by molar-refractivity contribution is 5.94. The number of carbonyl (C=O) groups excluding carboxylic acids is 1. The fourth-order valence-corrected chi connectivity index (χ4v) is 3.08. The van der Waals surface area contributed by atoms with E-state index in [-0.39, 0.29) is 5.91 Å². The van der Waals surface area contributed by atoms with E-state index in [0.29, 0.717) is 18.0 Å². The molecule has 0 spiro atoms. The van der Waals surface area contributed by atoms with Crippen LogP contribution in [0.25, 0.3) is 0 Å². The number of amides is 1. The zero-order valence-corrected chi connectivity index (χ0v) is 13.7. The molecule has 1 unspecified atom stereocenters. The summed E-state index contributed by atoms with van der Waals surface area (Å²) in [5.41, 5.74) is 1.44. The highest BCUT2D eigenvalue weighted by Crippen LogP contribution is 2.31. The Bertz CT molecular complexity index is 720. The number of hydrogen-bond acceptors (Lipinski definition) is 3. The molecule has 1 amide bonds. The Morgan fingerprint density at radius 2 is 2.12 bits per heavy atom. The molecule has 0 aliphatic carbocycles. The summed E-state index contributed by atoms with van der Waals surface area (Å²) in [4.78, 5) is 14.4. The Morgan fingerprint density at radius 1 is 1.29 bits per heavy atom. The number of nitrogens with zero attached hydrogens (tertiary/aromatic N) is 1. The van der Waals surface area contributed by atoms with Crippen LogP contribution in [0.1, 0.15) is 16.8 Å². The molecule has 2 aromatic rings. The molecular weight excluding hydrogens is 307 g/mol. The van der Waals surface area contributed by atoms with Crippen LogP contribution in [-0.4, -0.2) is 32.7 Å². The van der Waals surface area contributed by atoms with Crippen molar-refractivity contribution < 1.29 is 13.9 Å². The number of carbonyl (C=O) groups is 1. The number of para-hydroxylation sites is 2. The highest BCUT2D eigenvalue weighted by atomic mass is 19.1. The average Bonchev–Trinajstić information content (AvgIpc) is 3.08. The summed E-state index contributed by atoms with van der Waals surface area (Å²) in [7, 11) is 1.67. The van der Waals surface area contributed by atoms with E-state index < -0.39 is 5.82 Å². The predicted octanol–water partition coefficient (Wildman–Crippen LogP) is 3.09. The van der Waals surface area contributed by atoms with E-state index in [1.165, 1.54) is 12.1 Å². The molecule has 126 valence electrons. The van der Waals surface area contributed by atoms with Crippen LogP contribution in [0.15, 0.2) is 48.5 Å². The van der Waals surface area contributed by atoms with Gasteiger partial charge in [0, 0.05) is 25.2 Å². The normalized spacial score (nSPS) is 16.9. The summed E-state index contributed by atoms with van der Waals surface area (Å²) in [5, 5.41) is 2.91. The number of nitrogens with one attached hydrogen (secondary N) is 1. The second-order valence-corrected chi connectivity index (χ2v) is 5.99. The number of rotatable bonds is 5. The number of hydrogen-bond donors (Lipinski definition) is 1. The second kappa shape index (κ2) is 7.34. The zero-order valence-electron chi connectivity index (χ0n) is 13.7. The minimum Gasteiger partial charge on any atom is -0.495 e. The van der Waals surface area contributed by atoms with Crippen molar-refractivity contribution in [2.45, 2.75) is 6.42 Å². The van der Waals surface area contributed by atoms with Gasteiger partial charge in [0.25, 0.3) is 5.91 Å². The van der Waals surface area contributed by atoms with Crippen molar-refractivity contribution in [1.29, 1.82) is 0 Å². The summed E-state index contributed by atoms with van der Waals surface area (Å²) in [6, 6.07) is 13.7. The van der Waals surface area contributed by atoms with E-state index in [0.717, 1.165) is 30.9 Å². The first-order valence-electron chi connectivity index (χ1n) is 8.09. The lowest BCUT2D eigenvalue weighted by atomic mass is 10.1. The summed E-state index contributed by atoms with van der Waals surface area (Å²) in [6.07, 6.45) is 1.00. The molecule has 0 saturated carbocycles. The quantitative estimate of drug-likeness (QED) is 0.917. The lowest BCUT2D eigenvalue weighted by Gasteiger charge is -2.21. The van der Waals surface area contributed by atoms with E-state index >= 15 is 0 Å². The van der Waals surface area contributed by atoms with Crippen molar-refractivity contribution in [3.05, 3.63) is 59.9 Å². The van der Waals surface area contributed by atoms with Crippen LogP contribution in [0.4, 0.5) is 10.1 Å². The van der Waals surface area contributed by atoms with Crippen molar-refractivity contribution >= 4 is 11.6 Å². The SMILES string of the molecule is COc1ccccc1N1CCC(CNC(=O)c2cccc(F)c2)C1. The number of halogens is 1. The Labute approximate surface area is 141 Å². The van der Waals surface area contributed by atoms with E-state index in [1.54, 1.807) is 19.2 Å². The molecule has 1 aliphatic rings. The lowest BCUT2D eigenvalue weighted by Crippen LogP contribution is -2.31. The third-order valence-electron chi connectivity index (χ3n) is 4.35.